The van der Waals surface area contributed by atoms with Crippen LogP contribution in [0.2, 0.25) is 0 Å². The lowest BCUT2D eigenvalue weighted by Gasteiger charge is -2.46. The Kier molecular flexibility index (Phi) is 5.97. The minimum atomic E-state index is -0.405. The molecule has 2 saturated heterocycles. The molecule has 0 aromatic heterocycles. The van der Waals surface area contributed by atoms with Crippen LogP contribution in [0.15, 0.2) is 24.3 Å². The predicted octanol–water partition coefficient (Wildman–Crippen LogP) is 2.55. The number of nitrogens with zero attached hydrogens (tertiary/aromatic N) is 1. The Bertz CT molecular complexity index is 564. The lowest BCUT2D eigenvalue weighted by atomic mass is 9.82. The van der Waals surface area contributed by atoms with Crippen molar-refractivity contribution in [1.82, 2.24) is 4.90 Å². The van der Waals surface area contributed by atoms with Gasteiger partial charge in [0.1, 0.15) is 5.75 Å². The van der Waals surface area contributed by atoms with Crippen molar-refractivity contribution >= 4 is 5.91 Å². The van der Waals surface area contributed by atoms with Crippen LogP contribution in [0.4, 0.5) is 0 Å². The topological polar surface area (TPSA) is 59.0 Å². The summed E-state index contributed by atoms with van der Waals surface area (Å²) in [6, 6.07) is 8.01. The van der Waals surface area contributed by atoms with Crippen LogP contribution in [-0.4, -0.2) is 54.4 Å². The van der Waals surface area contributed by atoms with Gasteiger partial charge in [-0.05, 0) is 56.2 Å². The second kappa shape index (κ2) is 8.19. The molecule has 1 spiro atoms. The van der Waals surface area contributed by atoms with Crippen molar-refractivity contribution in [3.63, 3.8) is 0 Å². The highest BCUT2D eigenvalue weighted by Crippen LogP contribution is 2.35. The number of carbonyl (C=O) groups excluding carboxylic acids is 1. The predicted molar refractivity (Wildman–Crippen MR) is 95.7 cm³/mol. The van der Waals surface area contributed by atoms with Gasteiger partial charge in [0.05, 0.1) is 18.8 Å². The normalized spacial score (nSPS) is 22.8. The Hall–Kier alpha value is -1.59. The van der Waals surface area contributed by atoms with Gasteiger partial charge in [-0.3, -0.25) is 4.79 Å². The van der Waals surface area contributed by atoms with E-state index in [4.69, 9.17) is 9.47 Å². The molecule has 0 radical (unpaired) electrons. The molecule has 2 heterocycles. The SMILES string of the molecule is COc1ccc(CCCC(=O)N2CCC3(CC2)OCCCC3O)cc1. The number of hydrogen-bond acceptors (Lipinski definition) is 4. The highest BCUT2D eigenvalue weighted by Gasteiger charge is 2.44. The largest absolute Gasteiger partial charge is 0.497 e. The fourth-order valence-electron chi connectivity index (χ4n) is 3.92. The molecule has 5 heteroatoms. The molecule has 2 fully saturated rings. The first-order valence-corrected chi connectivity index (χ1v) is 9.36. The fourth-order valence-corrected chi connectivity index (χ4v) is 3.92. The quantitative estimate of drug-likeness (QED) is 0.889. The molecular formula is C20H29NO4. The minimum absolute atomic E-state index is 0.216. The molecule has 1 atom stereocenters. The van der Waals surface area contributed by atoms with Gasteiger partial charge >= 0.3 is 0 Å². The first-order valence-electron chi connectivity index (χ1n) is 9.36. The molecule has 0 saturated carbocycles. The molecule has 1 N–H and O–H groups in total. The van der Waals surface area contributed by atoms with Gasteiger partial charge in [0.2, 0.25) is 5.91 Å². The van der Waals surface area contributed by atoms with Crippen LogP contribution in [0.3, 0.4) is 0 Å². The summed E-state index contributed by atoms with van der Waals surface area (Å²) in [5, 5.41) is 10.3. The number of aliphatic hydroxyl groups is 1. The Labute approximate surface area is 149 Å². The zero-order valence-corrected chi connectivity index (χ0v) is 15.1. The number of ether oxygens (including phenoxy) is 2. The molecule has 0 aliphatic carbocycles. The third-order valence-corrected chi connectivity index (χ3v) is 5.60. The first-order chi connectivity index (χ1) is 12.1. The number of amides is 1. The van der Waals surface area contributed by atoms with Crippen molar-refractivity contribution in [3.05, 3.63) is 29.8 Å². The van der Waals surface area contributed by atoms with Crippen LogP contribution < -0.4 is 4.74 Å². The van der Waals surface area contributed by atoms with Gasteiger partial charge in [-0.2, -0.15) is 0 Å². The van der Waals surface area contributed by atoms with E-state index < -0.39 is 5.60 Å². The second-order valence-electron chi connectivity index (χ2n) is 7.15. The van der Waals surface area contributed by atoms with Gasteiger partial charge < -0.3 is 19.5 Å². The summed E-state index contributed by atoms with van der Waals surface area (Å²) in [5.74, 6) is 1.07. The molecular weight excluding hydrogens is 318 g/mol. The van der Waals surface area contributed by atoms with E-state index in [-0.39, 0.29) is 12.0 Å². The number of aryl methyl sites for hydroxylation is 1. The summed E-state index contributed by atoms with van der Waals surface area (Å²) in [6.45, 7) is 2.11. The maximum absolute atomic E-state index is 12.4. The zero-order valence-electron chi connectivity index (χ0n) is 15.1. The Balaban J connectivity index is 1.42. The Morgan fingerprint density at radius 2 is 2.04 bits per heavy atom. The van der Waals surface area contributed by atoms with Crippen LogP contribution in [0.25, 0.3) is 0 Å². The smallest absolute Gasteiger partial charge is 0.222 e. The summed E-state index contributed by atoms with van der Waals surface area (Å²) in [7, 11) is 1.66. The molecule has 0 bridgehead atoms. The van der Waals surface area contributed by atoms with Crippen molar-refractivity contribution in [1.29, 1.82) is 0 Å². The molecule has 25 heavy (non-hydrogen) atoms. The van der Waals surface area contributed by atoms with Gasteiger partial charge in [-0.15, -0.1) is 0 Å². The number of benzene rings is 1. The van der Waals surface area contributed by atoms with E-state index in [0.717, 1.165) is 50.9 Å². The van der Waals surface area contributed by atoms with E-state index in [9.17, 15) is 9.90 Å². The number of carbonyl (C=O) groups is 1. The highest BCUT2D eigenvalue weighted by atomic mass is 16.5. The monoisotopic (exact) mass is 347 g/mol. The standard InChI is InChI=1S/C20H29NO4/c1-24-17-9-7-16(8-10-17)4-2-6-19(23)21-13-11-20(12-14-21)18(22)5-3-15-25-20/h7-10,18,22H,2-6,11-15H2,1H3. The van der Waals surface area contributed by atoms with E-state index in [0.29, 0.717) is 19.5 Å². The summed E-state index contributed by atoms with van der Waals surface area (Å²) in [6.07, 6.45) is 5.18. The van der Waals surface area contributed by atoms with Crippen LogP contribution in [0, 0.1) is 0 Å². The highest BCUT2D eigenvalue weighted by molar-refractivity contribution is 5.76. The van der Waals surface area contributed by atoms with E-state index in [1.54, 1.807) is 7.11 Å². The number of likely N-dealkylation sites (tertiary alicyclic amines) is 1. The van der Waals surface area contributed by atoms with Gasteiger partial charge in [-0.1, -0.05) is 12.1 Å². The first kappa shape index (κ1) is 18.2. The van der Waals surface area contributed by atoms with E-state index in [1.807, 2.05) is 17.0 Å². The van der Waals surface area contributed by atoms with Crippen molar-refractivity contribution in [3.8, 4) is 5.75 Å². The fraction of sp³-hybridized carbons (Fsp3) is 0.650. The van der Waals surface area contributed by atoms with Crippen molar-refractivity contribution in [2.45, 2.75) is 56.7 Å². The molecule has 3 rings (SSSR count). The van der Waals surface area contributed by atoms with Crippen LogP contribution in [-0.2, 0) is 16.0 Å². The summed E-state index contributed by atoms with van der Waals surface area (Å²) < 4.78 is 11.1. The van der Waals surface area contributed by atoms with Crippen molar-refractivity contribution in [2.75, 3.05) is 26.8 Å². The van der Waals surface area contributed by atoms with Crippen LogP contribution in [0.1, 0.15) is 44.1 Å². The Morgan fingerprint density at radius 1 is 1.32 bits per heavy atom. The van der Waals surface area contributed by atoms with Gasteiger partial charge in [0.25, 0.3) is 0 Å². The molecule has 1 aromatic rings. The summed E-state index contributed by atoms with van der Waals surface area (Å²) in [5.41, 5.74) is 0.822. The average molecular weight is 347 g/mol. The second-order valence-corrected chi connectivity index (χ2v) is 7.15. The van der Waals surface area contributed by atoms with Crippen molar-refractivity contribution < 1.29 is 19.4 Å². The van der Waals surface area contributed by atoms with E-state index in [1.165, 1.54) is 5.56 Å². The zero-order chi connectivity index (χ0) is 17.7. The molecule has 1 amide bonds. The summed E-state index contributed by atoms with van der Waals surface area (Å²) >= 11 is 0. The minimum Gasteiger partial charge on any atom is -0.497 e. The molecule has 5 nitrogen and oxygen atoms in total. The number of aliphatic hydroxyl groups excluding tert-OH is 1. The number of methoxy groups -OCH3 is 1. The van der Waals surface area contributed by atoms with Crippen molar-refractivity contribution in [2.24, 2.45) is 0 Å². The number of rotatable bonds is 5. The maximum atomic E-state index is 12.4. The lowest BCUT2D eigenvalue weighted by Crippen LogP contribution is -2.56. The van der Waals surface area contributed by atoms with Crippen LogP contribution >= 0.6 is 0 Å². The molecule has 1 aromatic carbocycles. The molecule has 2 aliphatic heterocycles. The van der Waals surface area contributed by atoms with Gasteiger partial charge in [0, 0.05) is 26.1 Å². The van der Waals surface area contributed by atoms with E-state index in [2.05, 4.69) is 12.1 Å². The number of hydrogen-bond donors (Lipinski definition) is 1. The van der Waals surface area contributed by atoms with E-state index >= 15 is 0 Å². The lowest BCUT2D eigenvalue weighted by molar-refractivity contribution is -0.179. The molecule has 138 valence electrons. The van der Waals surface area contributed by atoms with Gasteiger partial charge in [0.15, 0.2) is 0 Å². The average Bonchev–Trinajstić information content (AvgIpc) is 2.65. The number of piperidine rings is 1. The summed E-state index contributed by atoms with van der Waals surface area (Å²) in [4.78, 5) is 14.4. The van der Waals surface area contributed by atoms with Gasteiger partial charge in [-0.25, -0.2) is 0 Å². The Morgan fingerprint density at radius 3 is 2.68 bits per heavy atom. The molecule has 2 aliphatic rings. The third-order valence-electron chi connectivity index (χ3n) is 5.60. The molecule has 1 unspecified atom stereocenters. The third kappa shape index (κ3) is 4.33. The maximum Gasteiger partial charge on any atom is 0.222 e. The van der Waals surface area contributed by atoms with Crippen LogP contribution in [0.5, 0.6) is 5.75 Å².